The fraction of sp³-hybridized carbons (Fsp3) is 0.680. The van der Waals surface area contributed by atoms with E-state index >= 15 is 0 Å². The van der Waals surface area contributed by atoms with Crippen LogP contribution in [0.4, 0.5) is 18.0 Å². The van der Waals surface area contributed by atoms with E-state index in [9.17, 15) is 22.8 Å². The van der Waals surface area contributed by atoms with E-state index in [2.05, 4.69) is 0 Å². The van der Waals surface area contributed by atoms with E-state index in [0.29, 0.717) is 25.1 Å². The molecule has 33 heavy (non-hydrogen) atoms. The van der Waals surface area contributed by atoms with Crippen LogP contribution in [0, 0.1) is 18.3 Å². The predicted octanol–water partition coefficient (Wildman–Crippen LogP) is 5.61. The molecule has 1 unspecified atom stereocenters. The Morgan fingerprint density at radius 1 is 1.12 bits per heavy atom. The minimum atomic E-state index is -4.37. The molecule has 2 fully saturated rings. The molecule has 184 valence electrons. The Morgan fingerprint density at radius 2 is 1.76 bits per heavy atom. The second kappa shape index (κ2) is 8.51. The minimum Gasteiger partial charge on any atom is -0.444 e. The summed E-state index contributed by atoms with van der Waals surface area (Å²) < 4.78 is 44.6. The topological polar surface area (TPSA) is 49.9 Å². The molecule has 2 saturated heterocycles. The van der Waals surface area contributed by atoms with Crippen LogP contribution in [-0.2, 0) is 15.7 Å². The lowest BCUT2D eigenvalue weighted by Gasteiger charge is -2.34. The highest BCUT2D eigenvalue weighted by atomic mass is 19.4. The predicted molar refractivity (Wildman–Crippen MR) is 120 cm³/mol. The molecule has 2 aliphatic rings. The van der Waals surface area contributed by atoms with E-state index in [-0.39, 0.29) is 30.3 Å². The van der Waals surface area contributed by atoms with Crippen molar-refractivity contribution in [1.29, 1.82) is 0 Å². The zero-order chi connectivity index (χ0) is 24.9. The summed E-state index contributed by atoms with van der Waals surface area (Å²) in [6, 6.07) is 3.82. The van der Waals surface area contributed by atoms with Crippen molar-refractivity contribution in [3.8, 4) is 0 Å². The number of halogens is 3. The first kappa shape index (κ1) is 25.4. The van der Waals surface area contributed by atoms with Crippen molar-refractivity contribution in [2.24, 2.45) is 11.3 Å². The average Bonchev–Trinajstić information content (AvgIpc) is 3.19. The molecule has 1 aromatic carbocycles. The summed E-state index contributed by atoms with van der Waals surface area (Å²) >= 11 is 0. The van der Waals surface area contributed by atoms with Gasteiger partial charge in [-0.1, -0.05) is 13.0 Å². The van der Waals surface area contributed by atoms with Crippen LogP contribution in [0.25, 0.3) is 0 Å². The number of hydrogen-bond donors (Lipinski definition) is 0. The summed E-state index contributed by atoms with van der Waals surface area (Å²) in [7, 11) is 0. The fourth-order valence-corrected chi connectivity index (χ4v) is 5.07. The molecule has 0 bridgehead atoms. The van der Waals surface area contributed by atoms with Gasteiger partial charge in [0.15, 0.2) is 0 Å². The van der Waals surface area contributed by atoms with Gasteiger partial charge in [0.2, 0.25) is 5.91 Å². The quantitative estimate of drug-likeness (QED) is 0.567. The highest BCUT2D eigenvalue weighted by Crippen LogP contribution is 2.42. The molecule has 2 aliphatic heterocycles. The number of carbonyl (C=O) groups is 2. The molecule has 0 aliphatic carbocycles. The summed E-state index contributed by atoms with van der Waals surface area (Å²) in [6.07, 6.45) is -4.10. The van der Waals surface area contributed by atoms with Crippen molar-refractivity contribution in [2.45, 2.75) is 78.6 Å². The number of rotatable bonds is 2. The molecule has 1 aromatic rings. The van der Waals surface area contributed by atoms with Crippen LogP contribution >= 0.6 is 0 Å². The van der Waals surface area contributed by atoms with E-state index in [4.69, 9.17) is 4.74 Å². The van der Waals surface area contributed by atoms with Gasteiger partial charge in [-0.15, -0.1) is 0 Å². The molecule has 3 rings (SSSR count). The zero-order valence-electron chi connectivity index (χ0n) is 20.5. The molecule has 8 heteroatoms. The van der Waals surface area contributed by atoms with Gasteiger partial charge in [-0.3, -0.25) is 4.79 Å². The number of hydrogen-bond acceptors (Lipinski definition) is 3. The Hall–Kier alpha value is -2.25. The molecule has 0 aromatic heterocycles. The molecule has 4 atom stereocenters. The van der Waals surface area contributed by atoms with Crippen LogP contribution in [0.15, 0.2) is 18.2 Å². The van der Waals surface area contributed by atoms with E-state index < -0.39 is 28.8 Å². The third-order valence-electron chi connectivity index (χ3n) is 7.11. The maximum atomic E-state index is 13.7. The molecule has 0 saturated carbocycles. The van der Waals surface area contributed by atoms with Gasteiger partial charge >= 0.3 is 12.3 Å². The Bertz CT molecular complexity index is 924. The lowest BCUT2D eigenvalue weighted by atomic mass is 9.79. The first-order valence-electron chi connectivity index (χ1n) is 11.5. The summed E-state index contributed by atoms with van der Waals surface area (Å²) in [5.74, 6) is -0.0781. The third-order valence-corrected chi connectivity index (χ3v) is 7.11. The van der Waals surface area contributed by atoms with Crippen LogP contribution < -0.4 is 0 Å². The molecule has 2 heterocycles. The van der Waals surface area contributed by atoms with E-state index in [1.807, 2.05) is 46.4 Å². The van der Waals surface area contributed by atoms with Crippen LogP contribution in [0.2, 0.25) is 0 Å². The maximum absolute atomic E-state index is 13.7. The van der Waals surface area contributed by atoms with Crippen molar-refractivity contribution in [3.05, 3.63) is 34.9 Å². The highest BCUT2D eigenvalue weighted by molar-refractivity contribution is 5.85. The molecular formula is C25H35F3N2O3. The largest absolute Gasteiger partial charge is 0.444 e. The Kier molecular flexibility index (Phi) is 6.54. The summed E-state index contributed by atoms with van der Waals surface area (Å²) in [5.41, 5.74) is -0.565. The van der Waals surface area contributed by atoms with Crippen LogP contribution in [0.1, 0.15) is 70.6 Å². The molecule has 0 N–H and O–H groups in total. The summed E-state index contributed by atoms with van der Waals surface area (Å²) in [4.78, 5) is 29.7. The smallest absolute Gasteiger partial charge is 0.416 e. The number of aryl methyl sites for hydroxylation is 1. The number of benzene rings is 1. The lowest BCUT2D eigenvalue weighted by molar-refractivity contribution is -0.143. The molecular weight excluding hydrogens is 433 g/mol. The Morgan fingerprint density at radius 3 is 2.30 bits per heavy atom. The molecule has 2 amide bonds. The monoisotopic (exact) mass is 468 g/mol. The van der Waals surface area contributed by atoms with E-state index in [0.717, 1.165) is 11.6 Å². The van der Waals surface area contributed by atoms with Gasteiger partial charge in [0, 0.05) is 31.6 Å². The number of nitrogens with zero attached hydrogens (tertiary/aromatic N) is 2. The second-order valence-corrected chi connectivity index (χ2v) is 11.0. The summed E-state index contributed by atoms with van der Waals surface area (Å²) in [6.45, 7) is 14.2. The van der Waals surface area contributed by atoms with Gasteiger partial charge in [0.1, 0.15) is 5.60 Å². The van der Waals surface area contributed by atoms with Crippen molar-refractivity contribution in [3.63, 3.8) is 0 Å². The number of amides is 2. The average molecular weight is 469 g/mol. The number of ether oxygens (including phenoxy) is 1. The van der Waals surface area contributed by atoms with Crippen LogP contribution in [-0.4, -0.2) is 53.1 Å². The van der Waals surface area contributed by atoms with Gasteiger partial charge in [-0.05, 0) is 77.1 Å². The van der Waals surface area contributed by atoms with E-state index in [1.54, 1.807) is 17.9 Å². The third kappa shape index (κ3) is 5.14. The van der Waals surface area contributed by atoms with Gasteiger partial charge in [-0.2, -0.15) is 13.2 Å². The molecule has 0 spiro atoms. The zero-order valence-corrected chi connectivity index (χ0v) is 20.5. The normalized spacial score (nSPS) is 28.4. The van der Waals surface area contributed by atoms with Crippen molar-refractivity contribution < 1.29 is 27.5 Å². The Labute approximate surface area is 194 Å². The van der Waals surface area contributed by atoms with Crippen molar-refractivity contribution in [2.75, 3.05) is 19.6 Å². The van der Waals surface area contributed by atoms with Gasteiger partial charge in [0.25, 0.3) is 0 Å². The van der Waals surface area contributed by atoms with Gasteiger partial charge < -0.3 is 14.5 Å². The standard InChI is InChI=1S/C25H35F3N2O3/c1-15-10-19(25(26,27)28)8-9-20(15)18-11-17(3)30(13-18)21(31)24(7)14-29(12-16(24)2)22(32)33-23(4,5)6/h8-10,16-18H,11-14H2,1-7H3/t16-,17-,18?,24-/m1/s1. The maximum Gasteiger partial charge on any atom is 0.416 e. The molecule has 0 radical (unpaired) electrons. The molecule has 5 nitrogen and oxygen atoms in total. The minimum absolute atomic E-state index is 0.0133. The number of alkyl halides is 3. The SMILES string of the molecule is Cc1cc(C(F)(F)F)ccc1C1C[C@@H](C)N(C(=O)[C@]2(C)CN(C(=O)OC(C)(C)C)C[C@H]2C)C1. The van der Waals surface area contributed by atoms with Crippen LogP contribution in [0.3, 0.4) is 0 Å². The fourth-order valence-electron chi connectivity index (χ4n) is 5.07. The number of carbonyl (C=O) groups excluding carboxylic acids is 2. The Balaban J connectivity index is 1.75. The van der Waals surface area contributed by atoms with Crippen LogP contribution in [0.5, 0.6) is 0 Å². The second-order valence-electron chi connectivity index (χ2n) is 11.0. The first-order chi connectivity index (χ1) is 15.0. The summed E-state index contributed by atoms with van der Waals surface area (Å²) in [5, 5.41) is 0. The van der Waals surface area contributed by atoms with E-state index in [1.165, 1.54) is 6.07 Å². The first-order valence-corrected chi connectivity index (χ1v) is 11.5. The highest BCUT2D eigenvalue weighted by Gasteiger charge is 2.52. The van der Waals surface area contributed by atoms with Gasteiger partial charge in [0.05, 0.1) is 11.0 Å². The van der Waals surface area contributed by atoms with Crippen molar-refractivity contribution in [1.82, 2.24) is 9.80 Å². The lowest BCUT2D eigenvalue weighted by Crippen LogP contribution is -2.48. The van der Waals surface area contributed by atoms with Crippen molar-refractivity contribution >= 4 is 12.0 Å². The number of likely N-dealkylation sites (tertiary alicyclic amines) is 2. The van der Waals surface area contributed by atoms with Gasteiger partial charge in [-0.25, -0.2) is 4.79 Å².